The molecule has 0 aliphatic carbocycles. The van der Waals surface area contributed by atoms with Crippen molar-refractivity contribution in [1.82, 2.24) is 9.55 Å². The molecule has 0 radical (unpaired) electrons. The first-order valence-electron chi connectivity index (χ1n) is 5.64. The normalized spacial score (nSPS) is 10.9. The van der Waals surface area contributed by atoms with E-state index >= 15 is 0 Å². The van der Waals surface area contributed by atoms with Gasteiger partial charge in [0.1, 0.15) is 0 Å². The lowest BCUT2D eigenvalue weighted by Crippen LogP contribution is -2.00. The Morgan fingerprint density at radius 2 is 2.00 bits per heavy atom. The standard InChI is InChI=1S/C14H12N2O2/c1-16-8-4-7-11(16)13-12(14(17)18)9-5-2-3-6-10(9)15-13/h2-8,15H,1H3,(H,17,18). The molecular weight excluding hydrogens is 228 g/mol. The Kier molecular flexibility index (Phi) is 2.23. The summed E-state index contributed by atoms with van der Waals surface area (Å²) in [5.74, 6) is -0.913. The lowest BCUT2D eigenvalue weighted by molar-refractivity contribution is 0.0700. The van der Waals surface area contributed by atoms with Crippen molar-refractivity contribution in [2.45, 2.75) is 0 Å². The number of aromatic carboxylic acids is 1. The van der Waals surface area contributed by atoms with E-state index in [9.17, 15) is 9.90 Å². The van der Waals surface area contributed by atoms with Gasteiger partial charge in [0, 0.05) is 24.1 Å². The molecule has 0 saturated heterocycles. The summed E-state index contributed by atoms with van der Waals surface area (Å²) in [6, 6.07) is 11.2. The Labute approximate surface area is 103 Å². The van der Waals surface area contributed by atoms with E-state index in [4.69, 9.17) is 0 Å². The van der Waals surface area contributed by atoms with Crippen LogP contribution in [0.4, 0.5) is 0 Å². The molecule has 1 aromatic carbocycles. The summed E-state index contributed by atoms with van der Waals surface area (Å²) in [5, 5.41) is 10.2. The number of fused-ring (bicyclic) bond motifs is 1. The van der Waals surface area contributed by atoms with Crippen LogP contribution < -0.4 is 0 Å². The number of carboxylic acids is 1. The zero-order valence-corrected chi connectivity index (χ0v) is 9.84. The second-order valence-electron chi connectivity index (χ2n) is 4.23. The van der Waals surface area contributed by atoms with Crippen LogP contribution in [0, 0.1) is 0 Å². The molecule has 3 aromatic rings. The smallest absolute Gasteiger partial charge is 0.338 e. The van der Waals surface area contributed by atoms with Crippen molar-refractivity contribution in [2.24, 2.45) is 7.05 Å². The van der Waals surface area contributed by atoms with Gasteiger partial charge in [-0.2, -0.15) is 0 Å². The Morgan fingerprint density at radius 1 is 1.22 bits per heavy atom. The molecule has 0 unspecified atom stereocenters. The van der Waals surface area contributed by atoms with Crippen molar-refractivity contribution in [3.63, 3.8) is 0 Å². The fourth-order valence-electron chi connectivity index (χ4n) is 2.28. The maximum atomic E-state index is 11.5. The van der Waals surface area contributed by atoms with Crippen LogP contribution in [0.15, 0.2) is 42.6 Å². The Hall–Kier alpha value is -2.49. The van der Waals surface area contributed by atoms with Crippen LogP contribution in [0.5, 0.6) is 0 Å². The van der Waals surface area contributed by atoms with Crippen molar-refractivity contribution >= 4 is 16.9 Å². The number of nitrogens with zero attached hydrogens (tertiary/aromatic N) is 1. The molecule has 4 heteroatoms. The molecule has 18 heavy (non-hydrogen) atoms. The largest absolute Gasteiger partial charge is 0.478 e. The highest BCUT2D eigenvalue weighted by Gasteiger charge is 2.19. The van der Waals surface area contributed by atoms with Gasteiger partial charge in [0.2, 0.25) is 0 Å². The van der Waals surface area contributed by atoms with Crippen LogP contribution in [0.2, 0.25) is 0 Å². The van der Waals surface area contributed by atoms with Crippen LogP contribution in [-0.2, 0) is 7.05 Å². The van der Waals surface area contributed by atoms with Crippen molar-refractivity contribution in [1.29, 1.82) is 0 Å². The third-order valence-corrected chi connectivity index (χ3v) is 3.12. The third-order valence-electron chi connectivity index (χ3n) is 3.12. The Morgan fingerprint density at radius 3 is 2.67 bits per heavy atom. The fraction of sp³-hybridized carbons (Fsp3) is 0.0714. The number of aromatic amines is 1. The number of carboxylic acid groups (broad SMARTS) is 1. The predicted octanol–water partition coefficient (Wildman–Crippen LogP) is 2.87. The van der Waals surface area contributed by atoms with Crippen LogP contribution in [0.1, 0.15) is 10.4 Å². The summed E-state index contributed by atoms with van der Waals surface area (Å²) in [4.78, 5) is 14.7. The van der Waals surface area contributed by atoms with Crippen molar-refractivity contribution in [3.05, 3.63) is 48.2 Å². The van der Waals surface area contributed by atoms with E-state index < -0.39 is 5.97 Å². The van der Waals surface area contributed by atoms with Gasteiger partial charge in [0.25, 0.3) is 0 Å². The molecule has 0 bridgehead atoms. The average Bonchev–Trinajstić information content (AvgIpc) is 2.91. The van der Waals surface area contributed by atoms with Gasteiger partial charge in [0.15, 0.2) is 0 Å². The first-order chi connectivity index (χ1) is 8.68. The molecule has 0 spiro atoms. The number of rotatable bonds is 2. The van der Waals surface area contributed by atoms with Crippen molar-refractivity contribution < 1.29 is 9.90 Å². The van der Waals surface area contributed by atoms with Gasteiger partial charge >= 0.3 is 5.97 Å². The summed E-state index contributed by atoms with van der Waals surface area (Å²) < 4.78 is 1.90. The van der Waals surface area contributed by atoms with Crippen LogP contribution in [-0.4, -0.2) is 20.6 Å². The molecule has 0 aliphatic rings. The molecule has 4 nitrogen and oxygen atoms in total. The minimum atomic E-state index is -0.913. The molecule has 0 aliphatic heterocycles. The van der Waals surface area contributed by atoms with E-state index in [0.717, 1.165) is 16.6 Å². The van der Waals surface area contributed by atoms with Gasteiger partial charge in [-0.05, 0) is 18.2 Å². The van der Waals surface area contributed by atoms with E-state index in [1.807, 2.05) is 54.2 Å². The quantitative estimate of drug-likeness (QED) is 0.723. The molecule has 2 N–H and O–H groups in total. The number of H-pyrrole nitrogens is 1. The molecular formula is C14H12N2O2. The lowest BCUT2D eigenvalue weighted by atomic mass is 10.1. The number of aryl methyl sites for hydroxylation is 1. The van der Waals surface area contributed by atoms with Crippen LogP contribution >= 0.6 is 0 Å². The average molecular weight is 240 g/mol. The van der Waals surface area contributed by atoms with Gasteiger partial charge in [-0.3, -0.25) is 0 Å². The predicted molar refractivity (Wildman–Crippen MR) is 69.7 cm³/mol. The zero-order valence-electron chi connectivity index (χ0n) is 9.84. The monoisotopic (exact) mass is 240 g/mol. The van der Waals surface area contributed by atoms with E-state index in [1.54, 1.807) is 0 Å². The number of carbonyl (C=O) groups is 1. The molecule has 0 fully saturated rings. The van der Waals surface area contributed by atoms with E-state index in [2.05, 4.69) is 4.98 Å². The topological polar surface area (TPSA) is 58.0 Å². The molecule has 3 rings (SSSR count). The minimum absolute atomic E-state index is 0.326. The number of para-hydroxylation sites is 1. The van der Waals surface area contributed by atoms with Gasteiger partial charge in [-0.25, -0.2) is 4.79 Å². The second-order valence-corrected chi connectivity index (χ2v) is 4.23. The highest BCUT2D eigenvalue weighted by molar-refractivity contribution is 6.09. The Bertz CT molecular complexity index is 737. The van der Waals surface area contributed by atoms with Crippen LogP contribution in [0.3, 0.4) is 0 Å². The lowest BCUT2D eigenvalue weighted by Gasteiger charge is -2.02. The summed E-state index contributed by atoms with van der Waals surface area (Å²) >= 11 is 0. The molecule has 0 saturated carbocycles. The van der Waals surface area contributed by atoms with Gasteiger partial charge in [-0.1, -0.05) is 18.2 Å². The maximum absolute atomic E-state index is 11.5. The highest BCUT2D eigenvalue weighted by Crippen LogP contribution is 2.30. The molecule has 2 heterocycles. The molecule has 0 amide bonds. The van der Waals surface area contributed by atoms with Crippen molar-refractivity contribution in [2.75, 3.05) is 0 Å². The number of aromatic nitrogens is 2. The van der Waals surface area contributed by atoms with Gasteiger partial charge in [0.05, 0.1) is 17.0 Å². The maximum Gasteiger partial charge on any atom is 0.338 e. The number of nitrogens with one attached hydrogen (secondary N) is 1. The third kappa shape index (κ3) is 1.43. The summed E-state index contributed by atoms with van der Waals surface area (Å²) in [7, 11) is 1.90. The fourth-order valence-corrected chi connectivity index (χ4v) is 2.28. The number of benzene rings is 1. The highest BCUT2D eigenvalue weighted by atomic mass is 16.4. The summed E-state index contributed by atoms with van der Waals surface area (Å²) in [6.45, 7) is 0. The summed E-state index contributed by atoms with van der Waals surface area (Å²) in [5.41, 5.74) is 2.68. The first kappa shape index (κ1) is 10.7. The van der Waals surface area contributed by atoms with E-state index in [1.165, 1.54) is 0 Å². The SMILES string of the molecule is Cn1cccc1-c1[nH]c2ccccc2c1C(=O)O. The van der Waals surface area contributed by atoms with E-state index in [-0.39, 0.29) is 0 Å². The van der Waals surface area contributed by atoms with Crippen molar-refractivity contribution in [3.8, 4) is 11.4 Å². The zero-order chi connectivity index (χ0) is 12.7. The molecule has 90 valence electrons. The summed E-state index contributed by atoms with van der Waals surface area (Å²) in [6.07, 6.45) is 1.90. The second kappa shape index (κ2) is 3.77. The van der Waals surface area contributed by atoms with E-state index in [0.29, 0.717) is 11.3 Å². The Balaban J connectivity index is 2.39. The molecule has 0 atom stereocenters. The van der Waals surface area contributed by atoms with Gasteiger partial charge < -0.3 is 14.7 Å². The number of hydrogen-bond acceptors (Lipinski definition) is 1. The number of hydrogen-bond donors (Lipinski definition) is 2. The molecule has 2 aromatic heterocycles. The first-order valence-corrected chi connectivity index (χ1v) is 5.64. The van der Waals surface area contributed by atoms with Crippen LogP contribution in [0.25, 0.3) is 22.3 Å². The van der Waals surface area contributed by atoms with Gasteiger partial charge in [-0.15, -0.1) is 0 Å². The minimum Gasteiger partial charge on any atom is -0.478 e.